The zero-order chi connectivity index (χ0) is 22.0. The Hall–Kier alpha value is -2.53. The minimum absolute atomic E-state index is 0.156. The van der Waals surface area contributed by atoms with Crippen molar-refractivity contribution in [2.45, 2.75) is 23.8 Å². The fourth-order valence-corrected chi connectivity index (χ4v) is 6.17. The number of rotatable bonds is 6. The van der Waals surface area contributed by atoms with Gasteiger partial charge in [0.05, 0.1) is 18.0 Å². The Labute approximate surface area is 188 Å². The molecule has 1 atom stereocenters. The van der Waals surface area contributed by atoms with Gasteiger partial charge >= 0.3 is 0 Å². The highest BCUT2D eigenvalue weighted by Crippen LogP contribution is 2.38. The van der Waals surface area contributed by atoms with Crippen molar-refractivity contribution in [1.29, 1.82) is 0 Å². The Kier molecular flexibility index (Phi) is 6.24. The molecule has 0 aliphatic carbocycles. The number of aromatic nitrogens is 2. The quantitative estimate of drug-likeness (QED) is 0.575. The molecule has 1 unspecified atom stereocenters. The van der Waals surface area contributed by atoms with E-state index in [1.165, 1.54) is 23.5 Å². The summed E-state index contributed by atoms with van der Waals surface area (Å²) in [6.45, 7) is 0.378. The lowest BCUT2D eigenvalue weighted by Gasteiger charge is -2.22. The van der Waals surface area contributed by atoms with Crippen LogP contribution in [0.1, 0.15) is 33.7 Å². The van der Waals surface area contributed by atoms with E-state index in [2.05, 4.69) is 15.5 Å². The molecule has 1 saturated heterocycles. The molecule has 1 fully saturated rings. The van der Waals surface area contributed by atoms with E-state index in [1.807, 2.05) is 0 Å². The van der Waals surface area contributed by atoms with Gasteiger partial charge in [0.1, 0.15) is 10.8 Å². The summed E-state index contributed by atoms with van der Waals surface area (Å²) < 4.78 is 32.9. The summed E-state index contributed by atoms with van der Waals surface area (Å²) in [6.07, 6.45) is 1.31. The van der Waals surface area contributed by atoms with Gasteiger partial charge in [0.25, 0.3) is 5.91 Å². The number of ether oxygens (including phenoxy) is 1. The summed E-state index contributed by atoms with van der Waals surface area (Å²) in [4.78, 5) is 12.7. The molecule has 11 heteroatoms. The molecule has 1 aliphatic rings. The lowest BCUT2D eigenvalue weighted by molar-refractivity contribution is 0.102. The number of halogens is 1. The Balaban J connectivity index is 1.54. The van der Waals surface area contributed by atoms with Crippen molar-refractivity contribution >= 4 is 44.6 Å². The number of sulfonamides is 1. The first-order valence-corrected chi connectivity index (χ1v) is 12.1. The van der Waals surface area contributed by atoms with Crippen molar-refractivity contribution < 1.29 is 17.9 Å². The van der Waals surface area contributed by atoms with Crippen LogP contribution in [0, 0.1) is 0 Å². The summed E-state index contributed by atoms with van der Waals surface area (Å²) in [7, 11) is -2.20. The maximum absolute atomic E-state index is 13.2. The fraction of sp³-hybridized carbons (Fsp3) is 0.250. The van der Waals surface area contributed by atoms with Crippen LogP contribution in [-0.4, -0.2) is 42.5 Å². The van der Waals surface area contributed by atoms with Gasteiger partial charge in [0.2, 0.25) is 15.0 Å². The number of carbonyl (C=O) groups excluding carboxylic acids is 1. The molecule has 1 N–H and O–H groups in total. The summed E-state index contributed by atoms with van der Waals surface area (Å²) in [5.74, 6) is 0.157. The van der Waals surface area contributed by atoms with Gasteiger partial charge in [-0.2, -0.15) is 4.31 Å². The number of nitrogens with zero attached hydrogens (tertiary/aromatic N) is 3. The van der Waals surface area contributed by atoms with E-state index in [9.17, 15) is 13.2 Å². The number of anilines is 1. The summed E-state index contributed by atoms with van der Waals surface area (Å²) in [5, 5.41) is 12.0. The predicted octanol–water partition coefficient (Wildman–Crippen LogP) is 3.98. The van der Waals surface area contributed by atoms with Gasteiger partial charge in [-0.15, -0.1) is 10.2 Å². The first-order chi connectivity index (χ1) is 14.9. The molecule has 0 saturated carbocycles. The molecule has 31 heavy (non-hydrogen) atoms. The van der Waals surface area contributed by atoms with E-state index in [4.69, 9.17) is 16.3 Å². The van der Waals surface area contributed by atoms with Gasteiger partial charge in [0.15, 0.2) is 0 Å². The van der Waals surface area contributed by atoms with E-state index < -0.39 is 22.0 Å². The molecule has 3 aromatic rings. The van der Waals surface area contributed by atoms with Gasteiger partial charge in [-0.3, -0.25) is 4.79 Å². The number of hydrogen-bond donors (Lipinski definition) is 1. The Morgan fingerprint density at radius 3 is 2.71 bits per heavy atom. The summed E-state index contributed by atoms with van der Waals surface area (Å²) in [5.41, 5.74) is 0.541. The topological polar surface area (TPSA) is 101 Å². The normalized spacial score (nSPS) is 16.9. The van der Waals surface area contributed by atoms with Crippen LogP contribution >= 0.6 is 22.9 Å². The molecule has 0 bridgehead atoms. The zero-order valence-electron chi connectivity index (χ0n) is 16.5. The minimum atomic E-state index is -3.72. The van der Waals surface area contributed by atoms with E-state index in [1.54, 1.807) is 36.4 Å². The third-order valence-corrected chi connectivity index (χ3v) is 8.05. The molecular formula is C20H19ClN4O4S2. The van der Waals surface area contributed by atoms with Gasteiger partial charge < -0.3 is 10.1 Å². The zero-order valence-corrected chi connectivity index (χ0v) is 18.9. The van der Waals surface area contributed by atoms with Crippen LogP contribution in [0.3, 0.4) is 0 Å². The molecular weight excluding hydrogens is 460 g/mol. The molecule has 1 aromatic heterocycles. The number of benzene rings is 2. The molecule has 2 aromatic carbocycles. The highest BCUT2D eigenvalue weighted by molar-refractivity contribution is 7.89. The number of carbonyl (C=O) groups is 1. The lowest BCUT2D eigenvalue weighted by Crippen LogP contribution is -2.30. The Morgan fingerprint density at radius 1 is 1.23 bits per heavy atom. The smallest absolute Gasteiger partial charge is 0.286 e. The van der Waals surface area contributed by atoms with Crippen LogP contribution in [-0.2, 0) is 10.0 Å². The second-order valence-electron chi connectivity index (χ2n) is 6.86. The van der Waals surface area contributed by atoms with Crippen molar-refractivity contribution in [3.05, 3.63) is 63.6 Å². The van der Waals surface area contributed by atoms with Crippen molar-refractivity contribution in [3.8, 4) is 5.75 Å². The second kappa shape index (κ2) is 8.91. The van der Waals surface area contributed by atoms with Crippen molar-refractivity contribution in [1.82, 2.24) is 14.5 Å². The van der Waals surface area contributed by atoms with Gasteiger partial charge in [-0.1, -0.05) is 29.0 Å². The van der Waals surface area contributed by atoms with E-state index in [0.29, 0.717) is 40.9 Å². The molecule has 0 radical (unpaired) electrons. The highest BCUT2D eigenvalue weighted by atomic mass is 35.5. The van der Waals surface area contributed by atoms with Crippen LogP contribution in [0.2, 0.25) is 5.02 Å². The summed E-state index contributed by atoms with van der Waals surface area (Å²) >= 11 is 7.03. The van der Waals surface area contributed by atoms with E-state index in [-0.39, 0.29) is 9.90 Å². The van der Waals surface area contributed by atoms with Crippen molar-refractivity contribution in [3.63, 3.8) is 0 Å². The largest absolute Gasteiger partial charge is 0.497 e. The van der Waals surface area contributed by atoms with Crippen LogP contribution in [0.25, 0.3) is 0 Å². The lowest BCUT2D eigenvalue weighted by atomic mass is 10.2. The van der Waals surface area contributed by atoms with Gasteiger partial charge in [-0.25, -0.2) is 8.42 Å². The first-order valence-electron chi connectivity index (χ1n) is 9.45. The molecule has 1 amide bonds. The fourth-order valence-electron chi connectivity index (χ4n) is 3.37. The second-order valence-corrected chi connectivity index (χ2v) is 10.2. The SMILES string of the molecule is COc1ccc(S(=O)(=O)N2CCCC2c2nnc(C(=O)Nc3cccc(Cl)c3)s2)cc1. The molecule has 1 aliphatic heterocycles. The standard InChI is InChI=1S/C20H19ClN4O4S2/c1-29-15-7-9-16(10-8-15)31(27,28)25-11-3-6-17(25)19-23-24-20(30-19)18(26)22-14-5-2-4-13(21)12-14/h2,4-5,7-10,12,17H,3,6,11H2,1H3,(H,22,26). The molecule has 4 rings (SSSR count). The highest BCUT2D eigenvalue weighted by Gasteiger charge is 2.38. The summed E-state index contributed by atoms with van der Waals surface area (Å²) in [6, 6.07) is 12.6. The Bertz CT molecular complexity index is 1200. The van der Waals surface area contributed by atoms with Crippen molar-refractivity contribution in [2.24, 2.45) is 0 Å². The monoisotopic (exact) mass is 478 g/mol. The first kappa shape index (κ1) is 21.7. The van der Waals surface area contributed by atoms with Gasteiger partial charge in [0, 0.05) is 17.3 Å². The van der Waals surface area contributed by atoms with Crippen molar-refractivity contribution in [2.75, 3.05) is 19.0 Å². The number of amides is 1. The number of nitrogens with one attached hydrogen (secondary N) is 1. The Morgan fingerprint density at radius 2 is 2.00 bits per heavy atom. The van der Waals surface area contributed by atoms with E-state index in [0.717, 1.165) is 11.3 Å². The number of hydrogen-bond acceptors (Lipinski definition) is 7. The minimum Gasteiger partial charge on any atom is -0.497 e. The predicted molar refractivity (Wildman–Crippen MR) is 118 cm³/mol. The molecule has 162 valence electrons. The van der Waals surface area contributed by atoms with Crippen LogP contribution in [0.5, 0.6) is 5.75 Å². The third kappa shape index (κ3) is 4.57. The molecule has 2 heterocycles. The molecule has 0 spiro atoms. The van der Waals surface area contributed by atoms with Gasteiger partial charge in [-0.05, 0) is 55.3 Å². The van der Waals surface area contributed by atoms with Crippen LogP contribution < -0.4 is 10.1 Å². The van der Waals surface area contributed by atoms with Crippen LogP contribution in [0.15, 0.2) is 53.4 Å². The maximum atomic E-state index is 13.2. The maximum Gasteiger partial charge on any atom is 0.286 e. The van der Waals surface area contributed by atoms with E-state index >= 15 is 0 Å². The number of methoxy groups -OCH3 is 1. The average molecular weight is 479 g/mol. The van der Waals surface area contributed by atoms with Crippen LogP contribution in [0.4, 0.5) is 5.69 Å². The average Bonchev–Trinajstić information content (AvgIpc) is 3.43. The third-order valence-electron chi connectivity index (χ3n) is 4.87. The molecule has 8 nitrogen and oxygen atoms in total.